The van der Waals surface area contributed by atoms with Gasteiger partial charge in [-0.3, -0.25) is 4.79 Å². The summed E-state index contributed by atoms with van der Waals surface area (Å²) in [6, 6.07) is 0.196. The number of nitrogens with zero attached hydrogens (tertiary/aromatic N) is 2. The number of hydrogen-bond donors (Lipinski definition) is 2. The molecule has 1 fully saturated rings. The highest BCUT2D eigenvalue weighted by atomic mass is 16.2. The van der Waals surface area contributed by atoms with E-state index in [0.29, 0.717) is 5.69 Å². The van der Waals surface area contributed by atoms with Crippen LogP contribution in [0.5, 0.6) is 0 Å². The fraction of sp³-hybridized carbons (Fsp3) is 0.636. The highest BCUT2D eigenvalue weighted by molar-refractivity contribution is 5.92. The lowest BCUT2D eigenvalue weighted by Gasteiger charge is -2.29. The van der Waals surface area contributed by atoms with E-state index in [1.807, 2.05) is 7.05 Å². The Kier molecular flexibility index (Phi) is 3.24. The molecule has 5 nitrogen and oxygen atoms in total. The topological polar surface area (TPSA) is 72.9 Å². The molecule has 0 unspecified atom stereocenters. The number of carbonyl (C=O) groups is 1. The fourth-order valence-electron chi connectivity index (χ4n) is 2.16. The van der Waals surface area contributed by atoms with E-state index in [4.69, 9.17) is 5.73 Å². The minimum Gasteiger partial charge on any atom is -0.346 e. The Labute approximate surface area is 95.0 Å². The normalized spacial score (nSPS) is 25.4. The van der Waals surface area contributed by atoms with Gasteiger partial charge in [-0.25, -0.2) is 4.98 Å². The number of carbonyl (C=O) groups excluding carboxylic acids is 1. The third-order valence-corrected chi connectivity index (χ3v) is 3.19. The van der Waals surface area contributed by atoms with E-state index in [9.17, 15) is 4.79 Å². The van der Waals surface area contributed by atoms with Crippen molar-refractivity contribution in [2.45, 2.75) is 37.8 Å². The smallest absolute Gasteiger partial charge is 0.269 e. The molecule has 0 saturated heterocycles. The summed E-state index contributed by atoms with van der Waals surface area (Å²) < 4.78 is 1.71. The van der Waals surface area contributed by atoms with Gasteiger partial charge < -0.3 is 15.6 Å². The Balaban J connectivity index is 1.99. The van der Waals surface area contributed by atoms with Gasteiger partial charge in [0, 0.05) is 19.1 Å². The number of aryl methyl sites for hydroxylation is 1. The Hall–Kier alpha value is -1.36. The molecule has 0 radical (unpaired) electrons. The molecule has 3 N–H and O–H groups in total. The first-order chi connectivity index (χ1) is 7.68. The van der Waals surface area contributed by atoms with Crippen LogP contribution in [0, 0.1) is 0 Å². The summed E-state index contributed by atoms with van der Waals surface area (Å²) >= 11 is 0. The van der Waals surface area contributed by atoms with Gasteiger partial charge in [0.2, 0.25) is 0 Å². The third kappa shape index (κ3) is 2.24. The second kappa shape index (κ2) is 4.65. The Bertz CT molecular complexity index is 374. The van der Waals surface area contributed by atoms with Crippen molar-refractivity contribution in [2.75, 3.05) is 0 Å². The van der Waals surface area contributed by atoms with Gasteiger partial charge in [-0.1, -0.05) is 12.8 Å². The van der Waals surface area contributed by atoms with Gasteiger partial charge in [-0.15, -0.1) is 0 Å². The maximum absolute atomic E-state index is 11.9. The maximum atomic E-state index is 11.9. The first-order valence-corrected chi connectivity index (χ1v) is 5.71. The highest BCUT2D eigenvalue weighted by Gasteiger charge is 2.24. The van der Waals surface area contributed by atoms with Crippen LogP contribution in [-0.4, -0.2) is 27.5 Å². The molecule has 0 aromatic carbocycles. The number of imidazole rings is 1. The summed E-state index contributed by atoms with van der Waals surface area (Å²) in [7, 11) is 1.81. The summed E-state index contributed by atoms with van der Waals surface area (Å²) in [5.41, 5.74) is 6.56. The summed E-state index contributed by atoms with van der Waals surface area (Å²) in [5.74, 6) is -0.0812. The van der Waals surface area contributed by atoms with E-state index < -0.39 is 0 Å². The Morgan fingerprint density at radius 1 is 1.56 bits per heavy atom. The molecule has 1 aromatic rings. The highest BCUT2D eigenvalue weighted by Crippen LogP contribution is 2.17. The Morgan fingerprint density at radius 2 is 2.31 bits per heavy atom. The SMILES string of the molecule is Cn1cncc1C(=O)N[C@@H]1CCCC[C@H]1N. The molecular weight excluding hydrogens is 204 g/mol. The van der Waals surface area contributed by atoms with Crippen molar-refractivity contribution in [3.63, 3.8) is 0 Å². The van der Waals surface area contributed by atoms with Crippen LogP contribution in [0.25, 0.3) is 0 Å². The minimum absolute atomic E-state index is 0.0812. The standard InChI is InChI=1S/C11H18N4O/c1-15-7-13-6-10(15)11(16)14-9-5-3-2-4-8(9)12/h6-9H,2-5,12H2,1H3,(H,14,16)/t8-,9-/m1/s1. The van der Waals surface area contributed by atoms with Crippen molar-refractivity contribution in [1.82, 2.24) is 14.9 Å². The molecule has 0 bridgehead atoms. The van der Waals surface area contributed by atoms with E-state index in [-0.39, 0.29) is 18.0 Å². The zero-order valence-electron chi connectivity index (χ0n) is 9.52. The molecule has 88 valence electrons. The Morgan fingerprint density at radius 3 is 2.94 bits per heavy atom. The summed E-state index contributed by atoms with van der Waals surface area (Å²) in [4.78, 5) is 15.8. The van der Waals surface area contributed by atoms with E-state index in [1.165, 1.54) is 6.42 Å². The van der Waals surface area contributed by atoms with Crippen molar-refractivity contribution in [3.05, 3.63) is 18.2 Å². The number of aromatic nitrogens is 2. The zero-order chi connectivity index (χ0) is 11.5. The van der Waals surface area contributed by atoms with Crippen LogP contribution in [0.2, 0.25) is 0 Å². The van der Waals surface area contributed by atoms with Crippen LogP contribution < -0.4 is 11.1 Å². The molecular formula is C11H18N4O. The van der Waals surface area contributed by atoms with Crippen LogP contribution in [0.1, 0.15) is 36.2 Å². The monoisotopic (exact) mass is 222 g/mol. The second-order valence-corrected chi connectivity index (χ2v) is 4.42. The average Bonchev–Trinajstić information content (AvgIpc) is 2.68. The number of nitrogens with two attached hydrogens (primary N) is 1. The lowest BCUT2D eigenvalue weighted by atomic mass is 9.91. The average molecular weight is 222 g/mol. The molecule has 2 rings (SSSR count). The minimum atomic E-state index is -0.0812. The zero-order valence-corrected chi connectivity index (χ0v) is 9.52. The molecule has 0 spiro atoms. The van der Waals surface area contributed by atoms with Crippen LogP contribution >= 0.6 is 0 Å². The van der Waals surface area contributed by atoms with Crippen molar-refractivity contribution in [2.24, 2.45) is 12.8 Å². The lowest BCUT2D eigenvalue weighted by molar-refractivity contribution is 0.0913. The van der Waals surface area contributed by atoms with Crippen LogP contribution in [0.4, 0.5) is 0 Å². The van der Waals surface area contributed by atoms with Crippen molar-refractivity contribution in [1.29, 1.82) is 0 Å². The number of amides is 1. The lowest BCUT2D eigenvalue weighted by Crippen LogP contribution is -2.49. The number of nitrogens with one attached hydrogen (secondary N) is 1. The largest absolute Gasteiger partial charge is 0.346 e. The van der Waals surface area contributed by atoms with Crippen molar-refractivity contribution >= 4 is 5.91 Å². The molecule has 16 heavy (non-hydrogen) atoms. The van der Waals surface area contributed by atoms with Gasteiger partial charge in [0.15, 0.2) is 0 Å². The molecule has 1 aliphatic rings. The molecule has 1 heterocycles. The van der Waals surface area contributed by atoms with Crippen LogP contribution in [0.3, 0.4) is 0 Å². The molecule has 5 heteroatoms. The van der Waals surface area contributed by atoms with Gasteiger partial charge >= 0.3 is 0 Å². The molecule has 2 atom stereocenters. The van der Waals surface area contributed by atoms with Gasteiger partial charge in [0.25, 0.3) is 5.91 Å². The molecule has 1 saturated carbocycles. The summed E-state index contributed by atoms with van der Waals surface area (Å²) in [5, 5.41) is 2.99. The van der Waals surface area contributed by atoms with E-state index in [1.54, 1.807) is 17.1 Å². The van der Waals surface area contributed by atoms with Gasteiger partial charge in [0.05, 0.1) is 12.5 Å². The quantitative estimate of drug-likeness (QED) is 0.761. The second-order valence-electron chi connectivity index (χ2n) is 4.42. The van der Waals surface area contributed by atoms with E-state index >= 15 is 0 Å². The summed E-state index contributed by atoms with van der Waals surface area (Å²) in [6.45, 7) is 0. The van der Waals surface area contributed by atoms with Gasteiger partial charge in [-0.2, -0.15) is 0 Å². The number of rotatable bonds is 2. The molecule has 1 aliphatic carbocycles. The van der Waals surface area contributed by atoms with Crippen LogP contribution in [0.15, 0.2) is 12.5 Å². The number of hydrogen-bond acceptors (Lipinski definition) is 3. The van der Waals surface area contributed by atoms with Crippen LogP contribution in [-0.2, 0) is 7.05 Å². The van der Waals surface area contributed by atoms with E-state index in [0.717, 1.165) is 19.3 Å². The molecule has 1 aromatic heterocycles. The summed E-state index contributed by atoms with van der Waals surface area (Å²) in [6.07, 6.45) is 7.48. The third-order valence-electron chi connectivity index (χ3n) is 3.19. The van der Waals surface area contributed by atoms with Gasteiger partial charge in [0.1, 0.15) is 5.69 Å². The maximum Gasteiger partial charge on any atom is 0.269 e. The van der Waals surface area contributed by atoms with Crippen molar-refractivity contribution in [3.8, 4) is 0 Å². The predicted molar refractivity (Wildman–Crippen MR) is 60.9 cm³/mol. The first kappa shape index (κ1) is 11.1. The van der Waals surface area contributed by atoms with Crippen molar-refractivity contribution < 1.29 is 4.79 Å². The predicted octanol–water partition coefficient (Wildman–Crippen LogP) is 0.420. The molecule has 0 aliphatic heterocycles. The van der Waals surface area contributed by atoms with Gasteiger partial charge in [-0.05, 0) is 12.8 Å². The molecule has 1 amide bonds. The first-order valence-electron chi connectivity index (χ1n) is 5.71. The van der Waals surface area contributed by atoms with E-state index in [2.05, 4.69) is 10.3 Å². The fourth-order valence-corrected chi connectivity index (χ4v) is 2.16.